The molecule has 1 aromatic rings. The molecule has 0 spiro atoms. The van der Waals surface area contributed by atoms with Gasteiger partial charge in [0, 0.05) is 12.1 Å². The summed E-state index contributed by atoms with van der Waals surface area (Å²) < 4.78 is 5.47. The molecule has 3 N–H and O–H groups in total. The molecule has 19 heavy (non-hydrogen) atoms. The Morgan fingerprint density at radius 2 is 2.00 bits per heavy atom. The molecule has 4 heteroatoms. The highest BCUT2D eigenvalue weighted by atomic mass is 16.5. The van der Waals surface area contributed by atoms with E-state index in [2.05, 4.69) is 19.2 Å². The van der Waals surface area contributed by atoms with Crippen molar-refractivity contribution in [2.75, 3.05) is 6.61 Å². The number of nitrogens with two attached hydrogens (primary N) is 1. The minimum Gasteiger partial charge on any atom is -0.484 e. The Hall–Kier alpha value is -1.55. The monoisotopic (exact) mass is 264 g/mol. The van der Waals surface area contributed by atoms with Crippen molar-refractivity contribution < 1.29 is 9.53 Å². The molecule has 0 bridgehead atoms. The highest BCUT2D eigenvalue weighted by molar-refractivity contribution is 5.77. The average Bonchev–Trinajstić information content (AvgIpc) is 2.36. The molecule has 0 heterocycles. The van der Waals surface area contributed by atoms with Crippen LogP contribution in [0.15, 0.2) is 24.3 Å². The van der Waals surface area contributed by atoms with Gasteiger partial charge in [0.1, 0.15) is 5.75 Å². The molecular formula is C15H24N2O2. The quantitative estimate of drug-likeness (QED) is 0.828. The fraction of sp³-hybridized carbons (Fsp3) is 0.533. The van der Waals surface area contributed by atoms with Gasteiger partial charge in [0.2, 0.25) is 0 Å². The number of ether oxygens (including phenoxy) is 1. The summed E-state index contributed by atoms with van der Waals surface area (Å²) >= 11 is 0. The van der Waals surface area contributed by atoms with E-state index in [0.29, 0.717) is 11.7 Å². The van der Waals surface area contributed by atoms with E-state index in [1.807, 2.05) is 38.1 Å². The van der Waals surface area contributed by atoms with Crippen molar-refractivity contribution in [1.29, 1.82) is 0 Å². The van der Waals surface area contributed by atoms with Crippen LogP contribution in [0.2, 0.25) is 0 Å². The molecular weight excluding hydrogens is 240 g/mol. The Morgan fingerprint density at radius 3 is 2.58 bits per heavy atom. The Kier molecular flexibility index (Phi) is 5.83. The van der Waals surface area contributed by atoms with Crippen LogP contribution >= 0.6 is 0 Å². The predicted molar refractivity (Wildman–Crippen MR) is 77.0 cm³/mol. The van der Waals surface area contributed by atoms with Crippen molar-refractivity contribution in [3.63, 3.8) is 0 Å². The van der Waals surface area contributed by atoms with Crippen molar-refractivity contribution in [3.05, 3.63) is 29.8 Å². The summed E-state index contributed by atoms with van der Waals surface area (Å²) in [5.74, 6) is 0.972. The Balaban J connectivity index is 2.48. The summed E-state index contributed by atoms with van der Waals surface area (Å²) in [5.41, 5.74) is 6.80. The maximum atomic E-state index is 11.7. The minimum absolute atomic E-state index is 0.0272. The molecule has 0 aromatic heterocycles. The number of carbonyl (C=O) groups is 1. The zero-order valence-electron chi connectivity index (χ0n) is 12.1. The first kappa shape index (κ1) is 15.5. The number of hydrogen-bond donors (Lipinski definition) is 2. The molecule has 1 aromatic carbocycles. The number of carbonyl (C=O) groups excluding carboxylic acids is 1. The molecule has 0 saturated carbocycles. The first-order chi connectivity index (χ1) is 8.90. The van der Waals surface area contributed by atoms with Gasteiger partial charge in [-0.2, -0.15) is 0 Å². The normalized spacial score (nSPS) is 14.0. The van der Waals surface area contributed by atoms with E-state index in [-0.39, 0.29) is 24.6 Å². The standard InChI is InChI=1S/C15H24N2O2/c1-10(2)12(4)17-15(18)9-19-14-7-5-6-13(8-14)11(3)16/h5-8,10-12H,9,16H2,1-4H3,(H,17,18). The van der Waals surface area contributed by atoms with Gasteiger partial charge < -0.3 is 15.8 Å². The molecule has 1 rings (SSSR count). The Labute approximate surface area is 115 Å². The van der Waals surface area contributed by atoms with Gasteiger partial charge in [-0.3, -0.25) is 4.79 Å². The zero-order chi connectivity index (χ0) is 14.4. The van der Waals surface area contributed by atoms with Crippen molar-refractivity contribution in [1.82, 2.24) is 5.32 Å². The number of nitrogens with one attached hydrogen (secondary N) is 1. The lowest BCUT2D eigenvalue weighted by Gasteiger charge is -2.17. The first-order valence-electron chi connectivity index (χ1n) is 6.68. The number of benzene rings is 1. The van der Waals surface area contributed by atoms with Gasteiger partial charge in [-0.1, -0.05) is 26.0 Å². The fourth-order valence-electron chi connectivity index (χ4n) is 1.50. The third kappa shape index (κ3) is 5.30. The average molecular weight is 264 g/mol. The second kappa shape index (κ2) is 7.14. The van der Waals surface area contributed by atoms with E-state index in [9.17, 15) is 4.79 Å². The molecule has 4 nitrogen and oxygen atoms in total. The van der Waals surface area contributed by atoms with Crippen LogP contribution in [0.5, 0.6) is 5.75 Å². The van der Waals surface area contributed by atoms with Crippen molar-refractivity contribution in [2.45, 2.75) is 39.8 Å². The molecule has 106 valence electrons. The largest absolute Gasteiger partial charge is 0.484 e. The van der Waals surface area contributed by atoms with E-state index in [1.165, 1.54) is 0 Å². The van der Waals surface area contributed by atoms with Gasteiger partial charge in [-0.15, -0.1) is 0 Å². The number of hydrogen-bond acceptors (Lipinski definition) is 3. The number of rotatable bonds is 6. The first-order valence-corrected chi connectivity index (χ1v) is 6.68. The highest BCUT2D eigenvalue weighted by Crippen LogP contribution is 2.17. The lowest BCUT2D eigenvalue weighted by Crippen LogP contribution is -2.38. The summed E-state index contributed by atoms with van der Waals surface area (Å²) in [6.07, 6.45) is 0. The molecule has 0 aliphatic heterocycles. The van der Waals surface area contributed by atoms with Gasteiger partial charge >= 0.3 is 0 Å². The van der Waals surface area contributed by atoms with Gasteiger partial charge in [0.05, 0.1) is 0 Å². The van der Waals surface area contributed by atoms with E-state index in [1.54, 1.807) is 0 Å². The van der Waals surface area contributed by atoms with Crippen LogP contribution < -0.4 is 15.8 Å². The zero-order valence-corrected chi connectivity index (χ0v) is 12.1. The molecule has 0 saturated heterocycles. The van der Waals surface area contributed by atoms with E-state index >= 15 is 0 Å². The number of amides is 1. The van der Waals surface area contributed by atoms with Crippen LogP contribution in [0.3, 0.4) is 0 Å². The highest BCUT2D eigenvalue weighted by Gasteiger charge is 2.11. The van der Waals surface area contributed by atoms with Crippen LogP contribution in [0.4, 0.5) is 0 Å². The third-order valence-electron chi connectivity index (χ3n) is 3.14. The van der Waals surface area contributed by atoms with Gasteiger partial charge in [-0.25, -0.2) is 0 Å². The molecule has 2 atom stereocenters. The summed E-state index contributed by atoms with van der Waals surface area (Å²) in [6.45, 7) is 8.06. The SMILES string of the molecule is CC(N)c1cccc(OCC(=O)NC(C)C(C)C)c1. The summed E-state index contributed by atoms with van der Waals surface area (Å²) in [7, 11) is 0. The van der Waals surface area contributed by atoms with Gasteiger partial charge in [0.15, 0.2) is 6.61 Å². The minimum atomic E-state index is -0.104. The lowest BCUT2D eigenvalue weighted by atomic mass is 10.1. The van der Waals surface area contributed by atoms with Crippen LogP contribution in [0.1, 0.15) is 39.3 Å². The Bertz CT molecular complexity index is 416. The van der Waals surface area contributed by atoms with E-state index < -0.39 is 0 Å². The molecule has 2 unspecified atom stereocenters. The summed E-state index contributed by atoms with van der Waals surface area (Å²) in [6, 6.07) is 7.61. The molecule has 0 aliphatic rings. The molecule has 0 radical (unpaired) electrons. The van der Waals surface area contributed by atoms with Gasteiger partial charge in [0.25, 0.3) is 5.91 Å². The maximum absolute atomic E-state index is 11.7. The predicted octanol–water partition coefficient (Wildman–Crippen LogP) is 2.25. The van der Waals surface area contributed by atoms with Crippen LogP contribution in [0, 0.1) is 5.92 Å². The maximum Gasteiger partial charge on any atom is 0.258 e. The van der Waals surface area contributed by atoms with Crippen molar-refractivity contribution >= 4 is 5.91 Å². The van der Waals surface area contributed by atoms with E-state index in [4.69, 9.17) is 10.5 Å². The third-order valence-corrected chi connectivity index (χ3v) is 3.14. The van der Waals surface area contributed by atoms with Crippen LogP contribution in [-0.4, -0.2) is 18.6 Å². The van der Waals surface area contributed by atoms with Crippen molar-refractivity contribution in [3.8, 4) is 5.75 Å². The van der Waals surface area contributed by atoms with Crippen molar-refractivity contribution in [2.24, 2.45) is 11.7 Å². The fourth-order valence-corrected chi connectivity index (χ4v) is 1.50. The molecule has 1 amide bonds. The second-order valence-electron chi connectivity index (χ2n) is 5.25. The smallest absolute Gasteiger partial charge is 0.258 e. The Morgan fingerprint density at radius 1 is 1.32 bits per heavy atom. The van der Waals surface area contributed by atoms with Gasteiger partial charge in [-0.05, 0) is 37.5 Å². The lowest BCUT2D eigenvalue weighted by molar-refractivity contribution is -0.124. The summed E-state index contributed by atoms with van der Waals surface area (Å²) in [5, 5.41) is 2.90. The summed E-state index contributed by atoms with van der Waals surface area (Å²) in [4.78, 5) is 11.7. The van der Waals surface area contributed by atoms with E-state index in [0.717, 1.165) is 5.56 Å². The second-order valence-corrected chi connectivity index (χ2v) is 5.25. The topological polar surface area (TPSA) is 64.3 Å². The van der Waals surface area contributed by atoms with Crippen LogP contribution in [-0.2, 0) is 4.79 Å². The molecule has 0 aliphatic carbocycles. The molecule has 0 fully saturated rings. The van der Waals surface area contributed by atoms with Crippen LogP contribution in [0.25, 0.3) is 0 Å².